The summed E-state index contributed by atoms with van der Waals surface area (Å²) in [4.78, 5) is 8.29. The second kappa shape index (κ2) is 16.6. The zero-order valence-electron chi connectivity index (χ0n) is 41.6. The number of nitriles is 1. The van der Waals surface area contributed by atoms with E-state index in [1.807, 2.05) is 48.5 Å². The molecule has 0 saturated heterocycles. The summed E-state index contributed by atoms with van der Waals surface area (Å²) in [5, 5.41) is 19.3. The highest BCUT2D eigenvalue weighted by Crippen LogP contribution is 2.55. The zero-order valence-corrected chi connectivity index (χ0v) is 41.6. The molecule has 0 bridgehead atoms. The number of nitrogens with zero attached hydrogens (tertiary/aromatic N) is 6. The number of rotatable bonds is 8. The summed E-state index contributed by atoms with van der Waals surface area (Å²) in [5.74, 6) is 0. The predicted molar refractivity (Wildman–Crippen MR) is 316 cm³/mol. The van der Waals surface area contributed by atoms with E-state index >= 15 is 0 Å². The van der Waals surface area contributed by atoms with Crippen LogP contribution >= 0.6 is 0 Å². The molecule has 0 aliphatic heterocycles. The number of para-hydroxylation sites is 2. The van der Waals surface area contributed by atoms with Crippen molar-refractivity contribution in [2.75, 3.05) is 9.80 Å². The molecule has 15 aromatic rings. The van der Waals surface area contributed by atoms with Gasteiger partial charge < -0.3 is 18.6 Å². The number of fused-ring (bicyclic) bond motifs is 12. The van der Waals surface area contributed by atoms with Crippen molar-refractivity contribution in [3.05, 3.63) is 259 Å². The number of benzene rings is 11. The van der Waals surface area contributed by atoms with Gasteiger partial charge in [0.1, 0.15) is 0 Å². The van der Waals surface area contributed by atoms with E-state index in [2.05, 4.69) is 225 Å². The number of aryl methyl sites for hydroxylation is 2. The molecule has 0 atom stereocenters. The minimum atomic E-state index is 0.614. The molecule has 0 N–H and O–H groups in total. The minimum absolute atomic E-state index is 0.614. The van der Waals surface area contributed by atoms with Crippen LogP contribution in [0.3, 0.4) is 0 Å². The highest BCUT2D eigenvalue weighted by molar-refractivity contribution is 6.38. The van der Waals surface area contributed by atoms with Crippen LogP contribution < -0.4 is 9.80 Å². The van der Waals surface area contributed by atoms with E-state index in [1.165, 1.54) is 87.4 Å². The zero-order chi connectivity index (χ0) is 50.8. The Morgan fingerprint density at radius 3 is 1.17 bits per heavy atom. The summed E-state index contributed by atoms with van der Waals surface area (Å²) < 4.78 is 5.13. The third-order valence-corrected chi connectivity index (χ3v) is 15.7. The molecule has 0 saturated carbocycles. The summed E-state index contributed by atoms with van der Waals surface area (Å²) in [6.45, 7) is 11.9. The topological polar surface area (TPSA) is 43.5 Å². The number of hydrogen-bond donors (Lipinski definition) is 0. The van der Waals surface area contributed by atoms with E-state index < -0.39 is 0 Å². The highest BCUT2D eigenvalue weighted by Gasteiger charge is 2.31. The Hall–Kier alpha value is -10.4. The Balaban J connectivity index is 1.06. The van der Waals surface area contributed by atoms with E-state index in [-0.39, 0.29) is 0 Å². The Bertz CT molecular complexity index is 4550. The molecule has 76 heavy (non-hydrogen) atoms. The molecule has 0 spiro atoms. The molecule has 0 radical (unpaired) electrons. The van der Waals surface area contributed by atoms with Gasteiger partial charge in [0.2, 0.25) is 0 Å². The standard InChI is InChI=1S/C70H44N6/c1-43-20-28-49(29-21-43)73(51-32-24-45(42-71)25-33-51)53-36-38-61-59(40-53)55-16-10-18-57-65-64(47-14-8-5-9-15-47)70-66(63(46-12-6-4-7-13-46)69(65)75(61)67(55)57)58-19-11-17-56-60-41-54(37-39-62(60)76(70)68(56)58)74(50-30-22-44(2)23-31-50)52-34-26-48(72-3)27-35-52/h4-41H,1-2H3. The first-order chi connectivity index (χ1) is 37.4. The largest absolute Gasteiger partial charge is 0.311 e. The fraction of sp³-hybridized carbons (Fsp3) is 0.0286. The second-order valence-electron chi connectivity index (χ2n) is 20.0. The highest BCUT2D eigenvalue weighted by atomic mass is 15.1. The molecular weight excluding hydrogens is 925 g/mol. The molecule has 4 heterocycles. The maximum Gasteiger partial charge on any atom is 0.187 e. The number of aromatic nitrogens is 2. The number of hydrogen-bond acceptors (Lipinski definition) is 3. The molecule has 15 rings (SSSR count). The first-order valence-corrected chi connectivity index (χ1v) is 25.7. The summed E-state index contributed by atoms with van der Waals surface area (Å²) in [6, 6.07) is 85.0. The third kappa shape index (κ3) is 6.26. The normalized spacial score (nSPS) is 11.8. The van der Waals surface area contributed by atoms with E-state index in [0.717, 1.165) is 56.3 Å². The van der Waals surface area contributed by atoms with Gasteiger partial charge in [-0.3, -0.25) is 0 Å². The molecule has 0 aliphatic carbocycles. The van der Waals surface area contributed by atoms with Crippen molar-refractivity contribution in [2.24, 2.45) is 0 Å². The van der Waals surface area contributed by atoms with Crippen molar-refractivity contribution in [3.63, 3.8) is 0 Å². The molecule has 4 aromatic heterocycles. The van der Waals surface area contributed by atoms with Crippen LogP contribution in [0.4, 0.5) is 39.8 Å². The lowest BCUT2D eigenvalue weighted by Gasteiger charge is -2.26. The summed E-state index contributed by atoms with van der Waals surface area (Å²) in [6.07, 6.45) is 0. The fourth-order valence-electron chi connectivity index (χ4n) is 12.4. The van der Waals surface area contributed by atoms with Crippen molar-refractivity contribution >= 4 is 116 Å². The lowest BCUT2D eigenvalue weighted by molar-refractivity contribution is 1.27. The van der Waals surface area contributed by atoms with Crippen LogP contribution in [-0.2, 0) is 0 Å². The maximum absolute atomic E-state index is 9.73. The molecule has 6 nitrogen and oxygen atoms in total. The Kier molecular flexibility index (Phi) is 9.42. The third-order valence-electron chi connectivity index (χ3n) is 15.7. The fourth-order valence-corrected chi connectivity index (χ4v) is 12.4. The summed E-state index contributed by atoms with van der Waals surface area (Å²) in [7, 11) is 0. The van der Waals surface area contributed by atoms with Crippen molar-refractivity contribution in [1.82, 2.24) is 8.80 Å². The summed E-state index contributed by atoms with van der Waals surface area (Å²) in [5.41, 5.74) is 21.6. The van der Waals surface area contributed by atoms with Crippen LogP contribution in [0.15, 0.2) is 231 Å². The van der Waals surface area contributed by atoms with E-state index in [4.69, 9.17) is 6.57 Å². The molecule has 354 valence electrons. The van der Waals surface area contributed by atoms with Crippen LogP contribution in [0.1, 0.15) is 16.7 Å². The number of anilines is 6. The quantitative estimate of drug-likeness (QED) is 0.143. The average molecular weight is 969 g/mol. The minimum Gasteiger partial charge on any atom is -0.311 e. The van der Waals surface area contributed by atoms with Crippen molar-refractivity contribution in [3.8, 4) is 28.3 Å². The SMILES string of the molecule is [C-]#[N+]c1ccc(N(c2ccc(C)cc2)c2ccc3c(c2)c2cccc4c5c(-c6ccccc6)c6c(c(-c7ccccc7)c5n3c24)c2cccc3c4cc(N(c5ccc(C)cc5)c5ccc(C#N)cc5)ccc4n6c32)cc1. The van der Waals surface area contributed by atoms with Gasteiger partial charge in [-0.1, -0.05) is 145 Å². The van der Waals surface area contributed by atoms with Gasteiger partial charge in [0.05, 0.1) is 51.3 Å². The van der Waals surface area contributed by atoms with Crippen LogP contribution in [0.25, 0.3) is 103 Å². The molecule has 6 heteroatoms. The van der Waals surface area contributed by atoms with Crippen molar-refractivity contribution < 1.29 is 0 Å². The van der Waals surface area contributed by atoms with Crippen LogP contribution in [-0.4, -0.2) is 8.80 Å². The first kappa shape index (κ1) is 43.2. The molecule has 11 aromatic carbocycles. The van der Waals surface area contributed by atoms with Gasteiger partial charge in [-0.2, -0.15) is 5.26 Å². The Morgan fingerprint density at radius 1 is 0.382 bits per heavy atom. The van der Waals surface area contributed by atoms with Gasteiger partial charge in [-0.25, -0.2) is 4.85 Å². The predicted octanol–water partition coefficient (Wildman–Crippen LogP) is 19.3. The van der Waals surface area contributed by atoms with Crippen molar-refractivity contribution in [1.29, 1.82) is 5.26 Å². The van der Waals surface area contributed by atoms with E-state index in [9.17, 15) is 5.26 Å². The Morgan fingerprint density at radius 2 is 0.763 bits per heavy atom. The smallest absolute Gasteiger partial charge is 0.187 e. The van der Waals surface area contributed by atoms with Gasteiger partial charge in [-0.05, 0) is 122 Å². The molecule has 0 amide bonds. The summed E-state index contributed by atoms with van der Waals surface area (Å²) >= 11 is 0. The second-order valence-corrected chi connectivity index (χ2v) is 20.0. The van der Waals surface area contributed by atoms with Crippen LogP contribution in [0, 0.1) is 31.8 Å². The van der Waals surface area contributed by atoms with E-state index in [0.29, 0.717) is 11.3 Å². The molecular formula is C70H44N6. The van der Waals surface area contributed by atoms with Gasteiger partial charge in [0, 0.05) is 88.3 Å². The average Bonchev–Trinajstić information content (AvgIpc) is 4.29. The van der Waals surface area contributed by atoms with Crippen molar-refractivity contribution in [2.45, 2.75) is 13.8 Å². The maximum atomic E-state index is 9.73. The van der Waals surface area contributed by atoms with Gasteiger partial charge in [-0.15, -0.1) is 0 Å². The first-order valence-electron chi connectivity index (χ1n) is 25.7. The Labute approximate surface area is 438 Å². The van der Waals surface area contributed by atoms with Gasteiger partial charge in [0.15, 0.2) is 5.69 Å². The lowest BCUT2D eigenvalue weighted by atomic mass is 9.89. The van der Waals surface area contributed by atoms with E-state index in [1.54, 1.807) is 0 Å². The van der Waals surface area contributed by atoms with Crippen LogP contribution in [0.5, 0.6) is 0 Å². The molecule has 0 unspecified atom stereocenters. The van der Waals surface area contributed by atoms with Gasteiger partial charge >= 0.3 is 0 Å². The van der Waals surface area contributed by atoms with Gasteiger partial charge in [0.25, 0.3) is 0 Å². The monoisotopic (exact) mass is 968 g/mol. The lowest BCUT2D eigenvalue weighted by Crippen LogP contribution is -2.09. The molecule has 0 aliphatic rings. The van der Waals surface area contributed by atoms with Crippen LogP contribution in [0.2, 0.25) is 0 Å². The molecule has 0 fully saturated rings.